The molecule has 5 unspecified atom stereocenters. The van der Waals surface area contributed by atoms with E-state index < -0.39 is 0 Å². The van der Waals surface area contributed by atoms with Gasteiger partial charge in [-0.25, -0.2) is 0 Å². The van der Waals surface area contributed by atoms with E-state index in [1.807, 2.05) is 6.92 Å². The van der Waals surface area contributed by atoms with E-state index in [1.54, 1.807) is 0 Å². The first kappa shape index (κ1) is 11.4. The SMILES string of the molecule is CCCC1OC2COC(C)OC2CC1C. The zero-order chi connectivity index (χ0) is 10.8. The molecule has 2 saturated heterocycles. The van der Waals surface area contributed by atoms with Crippen molar-refractivity contribution < 1.29 is 14.2 Å². The first-order valence-corrected chi connectivity index (χ1v) is 6.13. The number of hydrogen-bond acceptors (Lipinski definition) is 3. The van der Waals surface area contributed by atoms with Gasteiger partial charge in [0.15, 0.2) is 6.29 Å². The standard InChI is InChI=1S/C12H22O3/c1-4-5-10-8(2)6-11-12(15-10)7-13-9(3)14-11/h8-12H,4-7H2,1-3H3. The highest BCUT2D eigenvalue weighted by Crippen LogP contribution is 2.32. The van der Waals surface area contributed by atoms with Gasteiger partial charge in [0.05, 0.1) is 18.8 Å². The number of rotatable bonds is 2. The molecule has 2 aliphatic heterocycles. The Morgan fingerprint density at radius 2 is 1.93 bits per heavy atom. The molecule has 0 radical (unpaired) electrons. The maximum absolute atomic E-state index is 6.04. The summed E-state index contributed by atoms with van der Waals surface area (Å²) < 4.78 is 17.2. The van der Waals surface area contributed by atoms with Crippen molar-refractivity contribution in [2.45, 2.75) is 64.6 Å². The summed E-state index contributed by atoms with van der Waals surface area (Å²) in [5.41, 5.74) is 0. The Labute approximate surface area is 92.1 Å². The first-order chi connectivity index (χ1) is 7.20. The van der Waals surface area contributed by atoms with E-state index in [0.29, 0.717) is 18.6 Å². The summed E-state index contributed by atoms with van der Waals surface area (Å²) in [4.78, 5) is 0. The zero-order valence-corrected chi connectivity index (χ0v) is 9.94. The van der Waals surface area contributed by atoms with Crippen LogP contribution < -0.4 is 0 Å². The van der Waals surface area contributed by atoms with Gasteiger partial charge in [-0.1, -0.05) is 20.3 Å². The topological polar surface area (TPSA) is 27.7 Å². The molecule has 0 bridgehead atoms. The van der Waals surface area contributed by atoms with E-state index in [-0.39, 0.29) is 18.5 Å². The minimum absolute atomic E-state index is 0.0650. The van der Waals surface area contributed by atoms with E-state index in [0.717, 1.165) is 12.8 Å². The molecule has 0 saturated carbocycles. The fourth-order valence-electron chi connectivity index (χ4n) is 2.56. The summed E-state index contributed by atoms with van der Waals surface area (Å²) in [6.07, 6.45) is 4.19. The summed E-state index contributed by atoms with van der Waals surface area (Å²) in [5, 5.41) is 0. The van der Waals surface area contributed by atoms with Crippen LogP contribution in [0.2, 0.25) is 0 Å². The van der Waals surface area contributed by atoms with Gasteiger partial charge in [-0.15, -0.1) is 0 Å². The van der Waals surface area contributed by atoms with Crippen LogP contribution in [0.3, 0.4) is 0 Å². The summed E-state index contributed by atoms with van der Waals surface area (Å²) in [5.74, 6) is 0.608. The molecule has 88 valence electrons. The van der Waals surface area contributed by atoms with Gasteiger partial charge in [0.2, 0.25) is 0 Å². The second-order valence-corrected chi connectivity index (χ2v) is 4.79. The van der Waals surface area contributed by atoms with E-state index in [9.17, 15) is 0 Å². The molecule has 0 spiro atoms. The average molecular weight is 214 g/mol. The molecule has 0 amide bonds. The molecule has 3 heteroatoms. The average Bonchev–Trinajstić information content (AvgIpc) is 2.20. The third kappa shape index (κ3) is 2.52. The van der Waals surface area contributed by atoms with Gasteiger partial charge in [0, 0.05) is 0 Å². The Balaban J connectivity index is 1.93. The van der Waals surface area contributed by atoms with Gasteiger partial charge in [0.25, 0.3) is 0 Å². The highest BCUT2D eigenvalue weighted by atomic mass is 16.7. The number of ether oxygens (including phenoxy) is 3. The van der Waals surface area contributed by atoms with Crippen molar-refractivity contribution in [3.05, 3.63) is 0 Å². The van der Waals surface area contributed by atoms with Gasteiger partial charge in [0.1, 0.15) is 6.10 Å². The van der Waals surface area contributed by atoms with Crippen LogP contribution in [0.4, 0.5) is 0 Å². The van der Waals surface area contributed by atoms with Gasteiger partial charge >= 0.3 is 0 Å². The van der Waals surface area contributed by atoms with Crippen LogP contribution in [0.25, 0.3) is 0 Å². The fourth-order valence-corrected chi connectivity index (χ4v) is 2.56. The van der Waals surface area contributed by atoms with Crippen LogP contribution in [-0.4, -0.2) is 31.2 Å². The quantitative estimate of drug-likeness (QED) is 0.706. The molecule has 0 aromatic heterocycles. The summed E-state index contributed by atoms with van der Waals surface area (Å²) in [6, 6.07) is 0. The maximum atomic E-state index is 6.04. The minimum atomic E-state index is -0.0650. The number of hydrogen-bond donors (Lipinski definition) is 0. The van der Waals surface area contributed by atoms with Crippen LogP contribution in [0.5, 0.6) is 0 Å². The second kappa shape index (κ2) is 4.81. The van der Waals surface area contributed by atoms with Crippen LogP contribution in [-0.2, 0) is 14.2 Å². The molecule has 2 heterocycles. The lowest BCUT2D eigenvalue weighted by Crippen LogP contribution is -2.51. The molecule has 2 rings (SSSR count). The molecule has 2 fully saturated rings. The Kier molecular flexibility index (Phi) is 3.65. The highest BCUT2D eigenvalue weighted by Gasteiger charge is 2.39. The van der Waals surface area contributed by atoms with E-state index in [1.165, 1.54) is 6.42 Å². The molecule has 0 aromatic rings. The molecule has 2 aliphatic rings. The molecule has 0 aromatic carbocycles. The summed E-state index contributed by atoms with van der Waals surface area (Å²) in [7, 11) is 0. The van der Waals surface area contributed by atoms with Crippen molar-refractivity contribution >= 4 is 0 Å². The molecular weight excluding hydrogens is 192 g/mol. The normalized spacial score (nSPS) is 46.2. The summed E-state index contributed by atoms with van der Waals surface area (Å²) in [6.45, 7) is 7.12. The number of fused-ring (bicyclic) bond motifs is 1. The highest BCUT2D eigenvalue weighted by molar-refractivity contribution is 4.85. The van der Waals surface area contributed by atoms with E-state index in [2.05, 4.69) is 13.8 Å². The second-order valence-electron chi connectivity index (χ2n) is 4.79. The molecule has 0 N–H and O–H groups in total. The van der Waals surface area contributed by atoms with Gasteiger partial charge in [-0.2, -0.15) is 0 Å². The fraction of sp³-hybridized carbons (Fsp3) is 1.00. The predicted octanol–water partition coefficient (Wildman–Crippen LogP) is 2.34. The van der Waals surface area contributed by atoms with Gasteiger partial charge in [-0.05, 0) is 25.7 Å². The van der Waals surface area contributed by atoms with Crippen molar-refractivity contribution in [2.75, 3.05) is 6.61 Å². The van der Waals surface area contributed by atoms with Crippen LogP contribution >= 0.6 is 0 Å². The van der Waals surface area contributed by atoms with Crippen molar-refractivity contribution in [1.29, 1.82) is 0 Å². The molecule has 15 heavy (non-hydrogen) atoms. The molecule has 5 atom stereocenters. The first-order valence-electron chi connectivity index (χ1n) is 6.13. The van der Waals surface area contributed by atoms with Gasteiger partial charge in [-0.3, -0.25) is 0 Å². The van der Waals surface area contributed by atoms with Crippen LogP contribution in [0.15, 0.2) is 0 Å². The van der Waals surface area contributed by atoms with Crippen molar-refractivity contribution in [3.63, 3.8) is 0 Å². The van der Waals surface area contributed by atoms with Crippen molar-refractivity contribution in [1.82, 2.24) is 0 Å². The largest absolute Gasteiger partial charge is 0.370 e. The predicted molar refractivity (Wildman–Crippen MR) is 57.6 cm³/mol. The molecule has 3 nitrogen and oxygen atoms in total. The smallest absolute Gasteiger partial charge is 0.155 e. The van der Waals surface area contributed by atoms with E-state index >= 15 is 0 Å². The van der Waals surface area contributed by atoms with Crippen LogP contribution in [0, 0.1) is 5.92 Å². The van der Waals surface area contributed by atoms with Crippen LogP contribution in [0.1, 0.15) is 40.0 Å². The molecular formula is C12H22O3. The Hall–Kier alpha value is -0.120. The monoisotopic (exact) mass is 214 g/mol. The Morgan fingerprint density at radius 1 is 1.13 bits per heavy atom. The lowest BCUT2D eigenvalue weighted by atomic mass is 9.89. The lowest BCUT2D eigenvalue weighted by Gasteiger charge is -2.44. The van der Waals surface area contributed by atoms with E-state index in [4.69, 9.17) is 14.2 Å². The molecule has 0 aliphatic carbocycles. The Bertz CT molecular complexity index is 207. The third-order valence-corrected chi connectivity index (χ3v) is 3.44. The van der Waals surface area contributed by atoms with Crippen molar-refractivity contribution in [2.24, 2.45) is 5.92 Å². The Morgan fingerprint density at radius 3 is 2.67 bits per heavy atom. The lowest BCUT2D eigenvalue weighted by molar-refractivity contribution is -0.286. The maximum Gasteiger partial charge on any atom is 0.155 e. The van der Waals surface area contributed by atoms with Gasteiger partial charge < -0.3 is 14.2 Å². The summed E-state index contributed by atoms with van der Waals surface area (Å²) >= 11 is 0. The third-order valence-electron chi connectivity index (χ3n) is 3.44. The minimum Gasteiger partial charge on any atom is -0.370 e. The van der Waals surface area contributed by atoms with Crippen molar-refractivity contribution in [3.8, 4) is 0 Å². The zero-order valence-electron chi connectivity index (χ0n) is 9.94.